The first-order valence-corrected chi connectivity index (χ1v) is 4.69. The van der Waals surface area contributed by atoms with Crippen molar-refractivity contribution in [2.75, 3.05) is 6.54 Å². The molecule has 1 amide bonds. The summed E-state index contributed by atoms with van der Waals surface area (Å²) in [7, 11) is 0. The van der Waals surface area contributed by atoms with Crippen LogP contribution in [0.5, 0.6) is 0 Å². The maximum atomic E-state index is 10.2. The molecular weight excluding hydrogens is 158 g/mol. The first kappa shape index (κ1) is 13.4. The van der Waals surface area contributed by atoms with E-state index in [0.29, 0.717) is 0 Å². The quantitative estimate of drug-likeness (QED) is 0.502. The Balaban J connectivity index is 0. The zero-order valence-corrected chi connectivity index (χ0v) is 8.58. The number of amides is 1. The van der Waals surface area contributed by atoms with E-state index < -0.39 is 0 Å². The third-order valence-corrected chi connectivity index (χ3v) is 1.21. The Bertz CT molecular complexity index is 86.2. The molecule has 3 heteroatoms. The van der Waals surface area contributed by atoms with Crippen molar-refractivity contribution in [1.82, 2.24) is 5.32 Å². The topological polar surface area (TPSA) is 29.1 Å². The lowest BCUT2D eigenvalue weighted by molar-refractivity contribution is 0.261. The van der Waals surface area contributed by atoms with Crippen molar-refractivity contribution in [2.45, 2.75) is 40.0 Å². The molecule has 68 valence electrons. The fraction of sp³-hybridized carbons (Fsp3) is 0.875. The molecule has 0 saturated carbocycles. The van der Waals surface area contributed by atoms with Gasteiger partial charge < -0.3 is 5.32 Å². The fourth-order valence-corrected chi connectivity index (χ4v) is 0.682. The zero-order valence-electron chi connectivity index (χ0n) is 7.68. The zero-order chi connectivity index (χ0) is 9.11. The lowest BCUT2D eigenvalue weighted by atomic mass is 10.2. The minimum atomic E-state index is -0.230. The van der Waals surface area contributed by atoms with Crippen molar-refractivity contribution in [3.8, 4) is 0 Å². The minimum absolute atomic E-state index is 0.230. The van der Waals surface area contributed by atoms with Crippen LogP contribution in [0.1, 0.15) is 40.0 Å². The monoisotopic (exact) mass is 177 g/mol. The molecule has 0 spiro atoms. The van der Waals surface area contributed by atoms with Crippen LogP contribution in [0.25, 0.3) is 0 Å². The number of rotatable bonds is 4. The Kier molecular flexibility index (Phi) is 15.2. The fourth-order valence-electron chi connectivity index (χ4n) is 0.570. The van der Waals surface area contributed by atoms with E-state index in [1.807, 2.05) is 13.8 Å². The van der Waals surface area contributed by atoms with Crippen molar-refractivity contribution >= 4 is 17.9 Å². The van der Waals surface area contributed by atoms with E-state index in [1.165, 1.54) is 12.8 Å². The molecule has 0 fully saturated rings. The Morgan fingerprint density at radius 1 is 1.36 bits per heavy atom. The van der Waals surface area contributed by atoms with E-state index >= 15 is 0 Å². The van der Waals surface area contributed by atoms with Crippen molar-refractivity contribution in [2.24, 2.45) is 0 Å². The second-order valence-electron chi connectivity index (χ2n) is 1.94. The van der Waals surface area contributed by atoms with Crippen LogP contribution in [0, 0.1) is 0 Å². The molecule has 0 aliphatic carbocycles. The lowest BCUT2D eigenvalue weighted by Crippen LogP contribution is -2.17. The van der Waals surface area contributed by atoms with Gasteiger partial charge in [0.15, 0.2) is 0 Å². The molecule has 0 aromatic carbocycles. The van der Waals surface area contributed by atoms with Gasteiger partial charge in [-0.2, -0.15) is 0 Å². The molecule has 0 radical (unpaired) electrons. The van der Waals surface area contributed by atoms with Crippen LogP contribution in [0.15, 0.2) is 0 Å². The summed E-state index contributed by atoms with van der Waals surface area (Å²) in [6, 6.07) is 0. The largest absolute Gasteiger partial charge is 0.347 e. The maximum absolute atomic E-state index is 10.2. The standard InChI is InChI=1S/C6H13NOS.C2H6/c1-2-3-4-5-7-6(8)9;1-2/h2-5H2,1H3,(H2,7,8,9);1-2H3. The Hall–Kier alpha value is -0.180. The van der Waals surface area contributed by atoms with E-state index in [2.05, 4.69) is 24.9 Å². The molecule has 0 bridgehead atoms. The number of carbonyl (C=O) groups is 1. The van der Waals surface area contributed by atoms with E-state index in [4.69, 9.17) is 0 Å². The number of hydrogen-bond donors (Lipinski definition) is 2. The summed E-state index contributed by atoms with van der Waals surface area (Å²) in [4.78, 5) is 10.2. The van der Waals surface area contributed by atoms with Crippen LogP contribution in [0.3, 0.4) is 0 Å². The van der Waals surface area contributed by atoms with E-state index in [1.54, 1.807) is 0 Å². The van der Waals surface area contributed by atoms with Crippen molar-refractivity contribution in [3.63, 3.8) is 0 Å². The SMILES string of the molecule is CC.CCCCCNC(=O)S. The van der Waals surface area contributed by atoms with Crippen molar-refractivity contribution in [1.29, 1.82) is 0 Å². The van der Waals surface area contributed by atoms with Gasteiger partial charge in [-0.15, -0.1) is 0 Å². The van der Waals surface area contributed by atoms with Crippen LogP contribution in [0.2, 0.25) is 0 Å². The van der Waals surface area contributed by atoms with Gasteiger partial charge in [0, 0.05) is 6.54 Å². The highest BCUT2D eigenvalue weighted by atomic mass is 32.1. The molecule has 0 heterocycles. The summed E-state index contributed by atoms with van der Waals surface area (Å²) >= 11 is 3.55. The van der Waals surface area contributed by atoms with Gasteiger partial charge in [-0.05, 0) is 6.42 Å². The number of carbonyl (C=O) groups excluding carboxylic acids is 1. The summed E-state index contributed by atoms with van der Waals surface area (Å²) in [5, 5.41) is 2.38. The highest BCUT2D eigenvalue weighted by Gasteiger charge is 1.88. The van der Waals surface area contributed by atoms with E-state index in [0.717, 1.165) is 13.0 Å². The second-order valence-corrected chi connectivity index (χ2v) is 2.35. The summed E-state index contributed by atoms with van der Waals surface area (Å²) in [5.74, 6) is 0. The van der Waals surface area contributed by atoms with Crippen LogP contribution in [-0.4, -0.2) is 11.8 Å². The normalized spacial score (nSPS) is 8.00. The number of thiol groups is 1. The molecule has 0 saturated heterocycles. The number of unbranched alkanes of at least 4 members (excludes halogenated alkanes) is 2. The van der Waals surface area contributed by atoms with E-state index in [-0.39, 0.29) is 5.24 Å². The maximum Gasteiger partial charge on any atom is 0.275 e. The molecule has 0 aliphatic rings. The molecule has 1 N–H and O–H groups in total. The summed E-state index contributed by atoms with van der Waals surface area (Å²) in [6.07, 6.45) is 3.42. The molecule has 11 heavy (non-hydrogen) atoms. The van der Waals surface area contributed by atoms with Gasteiger partial charge in [-0.1, -0.05) is 46.2 Å². The molecule has 2 nitrogen and oxygen atoms in total. The molecule has 0 rings (SSSR count). The average molecular weight is 177 g/mol. The van der Waals surface area contributed by atoms with Gasteiger partial charge in [0.25, 0.3) is 5.24 Å². The summed E-state index contributed by atoms with van der Waals surface area (Å²) in [6.45, 7) is 6.89. The van der Waals surface area contributed by atoms with Gasteiger partial charge in [-0.25, -0.2) is 0 Å². The number of hydrogen-bond acceptors (Lipinski definition) is 1. The van der Waals surface area contributed by atoms with Crippen LogP contribution < -0.4 is 5.32 Å². The molecule has 0 atom stereocenters. The third kappa shape index (κ3) is 17.7. The van der Waals surface area contributed by atoms with Gasteiger partial charge >= 0.3 is 0 Å². The number of nitrogens with one attached hydrogen (secondary N) is 1. The van der Waals surface area contributed by atoms with Crippen LogP contribution >= 0.6 is 12.6 Å². The predicted molar refractivity (Wildman–Crippen MR) is 53.3 cm³/mol. The van der Waals surface area contributed by atoms with Gasteiger partial charge in [0.2, 0.25) is 0 Å². The van der Waals surface area contributed by atoms with Crippen LogP contribution in [0.4, 0.5) is 4.79 Å². The summed E-state index contributed by atoms with van der Waals surface area (Å²) < 4.78 is 0. The summed E-state index contributed by atoms with van der Waals surface area (Å²) in [5.41, 5.74) is 0. The van der Waals surface area contributed by atoms with Crippen molar-refractivity contribution in [3.05, 3.63) is 0 Å². The first-order chi connectivity index (χ1) is 5.27. The molecule has 0 aromatic heterocycles. The Morgan fingerprint density at radius 3 is 2.27 bits per heavy atom. The molecule has 0 aliphatic heterocycles. The van der Waals surface area contributed by atoms with Gasteiger partial charge in [0.05, 0.1) is 0 Å². The smallest absolute Gasteiger partial charge is 0.275 e. The van der Waals surface area contributed by atoms with Gasteiger partial charge in [0.1, 0.15) is 0 Å². The van der Waals surface area contributed by atoms with Gasteiger partial charge in [-0.3, -0.25) is 4.79 Å². The van der Waals surface area contributed by atoms with E-state index in [9.17, 15) is 4.79 Å². The minimum Gasteiger partial charge on any atom is -0.347 e. The molecule has 0 unspecified atom stereocenters. The Labute approximate surface area is 75.2 Å². The van der Waals surface area contributed by atoms with Crippen molar-refractivity contribution < 1.29 is 4.79 Å². The Morgan fingerprint density at radius 2 is 1.91 bits per heavy atom. The second kappa shape index (κ2) is 12.5. The lowest BCUT2D eigenvalue weighted by Gasteiger charge is -1.97. The third-order valence-electron chi connectivity index (χ3n) is 1.06. The predicted octanol–water partition coefficient (Wildman–Crippen LogP) is 2.84. The first-order valence-electron chi connectivity index (χ1n) is 4.24. The highest BCUT2D eigenvalue weighted by molar-refractivity contribution is 7.96. The average Bonchev–Trinajstić information content (AvgIpc) is 2.02. The van der Waals surface area contributed by atoms with Crippen LogP contribution in [-0.2, 0) is 0 Å². The highest BCUT2D eigenvalue weighted by Crippen LogP contribution is 1.91. The molecule has 0 aromatic rings. The molecular formula is C8H19NOS.